The molecule has 4 heteroatoms. The molecular weight excluding hydrogens is 178 g/mol. The fraction of sp³-hybridized carbons (Fsp3) is 0.900. The van der Waals surface area contributed by atoms with Gasteiger partial charge in [-0.25, -0.2) is 0 Å². The summed E-state index contributed by atoms with van der Waals surface area (Å²) < 4.78 is 0. The van der Waals surface area contributed by atoms with Crippen LogP contribution in [0.2, 0.25) is 0 Å². The van der Waals surface area contributed by atoms with Gasteiger partial charge < -0.3 is 15.5 Å². The summed E-state index contributed by atoms with van der Waals surface area (Å²) in [5, 5.41) is 0. The van der Waals surface area contributed by atoms with Crippen molar-refractivity contribution in [2.75, 3.05) is 26.7 Å². The third kappa shape index (κ3) is 2.69. The van der Waals surface area contributed by atoms with Crippen molar-refractivity contribution in [2.45, 2.75) is 32.4 Å². The second-order valence-electron chi connectivity index (χ2n) is 4.29. The van der Waals surface area contributed by atoms with Gasteiger partial charge in [0.1, 0.15) is 0 Å². The number of amides is 1. The smallest absolute Gasteiger partial charge is 0.239 e. The van der Waals surface area contributed by atoms with Gasteiger partial charge in [0.15, 0.2) is 0 Å². The Bertz CT molecular complexity index is 206. The van der Waals surface area contributed by atoms with E-state index in [0.29, 0.717) is 0 Å². The van der Waals surface area contributed by atoms with Crippen LogP contribution in [0.3, 0.4) is 0 Å². The number of carbonyl (C=O) groups is 1. The molecule has 1 aliphatic heterocycles. The molecule has 2 unspecified atom stereocenters. The molecule has 1 rings (SSSR count). The SMILES string of the molecule is CC(N)C(=O)N1CCCN(C)CC1C. The molecule has 0 radical (unpaired) electrons. The molecule has 1 fully saturated rings. The Morgan fingerprint density at radius 1 is 1.50 bits per heavy atom. The fourth-order valence-corrected chi connectivity index (χ4v) is 1.96. The number of likely N-dealkylation sites (N-methyl/N-ethyl adjacent to an activating group) is 1. The van der Waals surface area contributed by atoms with E-state index in [0.717, 1.165) is 26.1 Å². The largest absolute Gasteiger partial charge is 0.337 e. The monoisotopic (exact) mass is 199 g/mol. The van der Waals surface area contributed by atoms with Crippen LogP contribution in [0.5, 0.6) is 0 Å². The van der Waals surface area contributed by atoms with E-state index in [1.807, 2.05) is 4.90 Å². The molecule has 2 N–H and O–H groups in total. The van der Waals surface area contributed by atoms with Gasteiger partial charge in [-0.2, -0.15) is 0 Å². The molecule has 1 heterocycles. The fourth-order valence-electron chi connectivity index (χ4n) is 1.96. The van der Waals surface area contributed by atoms with Gasteiger partial charge >= 0.3 is 0 Å². The van der Waals surface area contributed by atoms with E-state index >= 15 is 0 Å². The summed E-state index contributed by atoms with van der Waals surface area (Å²) in [6.45, 7) is 6.68. The molecule has 0 aromatic carbocycles. The van der Waals surface area contributed by atoms with Crippen molar-refractivity contribution in [3.8, 4) is 0 Å². The van der Waals surface area contributed by atoms with E-state index < -0.39 is 0 Å². The maximum absolute atomic E-state index is 11.8. The van der Waals surface area contributed by atoms with Crippen LogP contribution in [-0.4, -0.2) is 54.5 Å². The lowest BCUT2D eigenvalue weighted by Crippen LogP contribution is -2.48. The molecule has 0 aromatic rings. The maximum Gasteiger partial charge on any atom is 0.239 e. The molecule has 4 nitrogen and oxygen atoms in total. The Hall–Kier alpha value is -0.610. The minimum atomic E-state index is -0.374. The van der Waals surface area contributed by atoms with Crippen LogP contribution in [0.4, 0.5) is 0 Å². The highest BCUT2D eigenvalue weighted by atomic mass is 16.2. The van der Waals surface area contributed by atoms with Gasteiger partial charge in [-0.05, 0) is 33.9 Å². The molecule has 0 bridgehead atoms. The van der Waals surface area contributed by atoms with Crippen LogP contribution in [-0.2, 0) is 4.79 Å². The molecule has 2 atom stereocenters. The minimum Gasteiger partial charge on any atom is -0.337 e. The number of rotatable bonds is 1. The first-order valence-electron chi connectivity index (χ1n) is 5.27. The van der Waals surface area contributed by atoms with Crippen molar-refractivity contribution in [3.05, 3.63) is 0 Å². The second-order valence-corrected chi connectivity index (χ2v) is 4.29. The Kier molecular flexibility index (Phi) is 3.89. The van der Waals surface area contributed by atoms with E-state index in [1.165, 1.54) is 0 Å². The van der Waals surface area contributed by atoms with Gasteiger partial charge in [0, 0.05) is 19.1 Å². The van der Waals surface area contributed by atoms with E-state index in [4.69, 9.17) is 5.73 Å². The molecule has 0 saturated carbocycles. The third-order valence-electron chi connectivity index (χ3n) is 2.72. The summed E-state index contributed by atoms with van der Waals surface area (Å²) in [4.78, 5) is 15.9. The summed E-state index contributed by atoms with van der Waals surface area (Å²) >= 11 is 0. The molecule has 1 saturated heterocycles. The average molecular weight is 199 g/mol. The van der Waals surface area contributed by atoms with E-state index in [9.17, 15) is 4.79 Å². The Morgan fingerprint density at radius 2 is 2.14 bits per heavy atom. The Balaban J connectivity index is 2.63. The predicted molar refractivity (Wildman–Crippen MR) is 56.9 cm³/mol. The summed E-state index contributed by atoms with van der Waals surface area (Å²) in [5.74, 6) is 0.0767. The first-order valence-corrected chi connectivity index (χ1v) is 5.27. The van der Waals surface area contributed by atoms with Crippen LogP contribution in [0.1, 0.15) is 20.3 Å². The highest BCUT2D eigenvalue weighted by molar-refractivity contribution is 5.81. The van der Waals surface area contributed by atoms with Crippen LogP contribution in [0, 0.1) is 0 Å². The summed E-state index contributed by atoms with van der Waals surface area (Å²) in [6.07, 6.45) is 1.04. The quantitative estimate of drug-likeness (QED) is 0.641. The molecular formula is C10H21N3O. The molecule has 0 aromatic heterocycles. The standard InChI is InChI=1S/C10H21N3O/c1-8-7-12(3)5-4-6-13(8)10(14)9(2)11/h8-9H,4-7,11H2,1-3H3. The van der Waals surface area contributed by atoms with Gasteiger partial charge in [-0.1, -0.05) is 0 Å². The summed E-state index contributed by atoms with van der Waals surface area (Å²) in [6, 6.07) is -0.0955. The average Bonchev–Trinajstić information content (AvgIpc) is 2.25. The lowest BCUT2D eigenvalue weighted by molar-refractivity contribution is -0.134. The molecule has 0 aliphatic carbocycles. The van der Waals surface area contributed by atoms with Crippen molar-refractivity contribution in [3.63, 3.8) is 0 Å². The number of nitrogens with zero attached hydrogens (tertiary/aromatic N) is 2. The maximum atomic E-state index is 11.8. The topological polar surface area (TPSA) is 49.6 Å². The molecule has 14 heavy (non-hydrogen) atoms. The van der Waals surface area contributed by atoms with Crippen molar-refractivity contribution >= 4 is 5.91 Å². The molecule has 0 spiro atoms. The highest BCUT2D eigenvalue weighted by Crippen LogP contribution is 2.09. The highest BCUT2D eigenvalue weighted by Gasteiger charge is 2.25. The zero-order valence-corrected chi connectivity index (χ0v) is 9.36. The van der Waals surface area contributed by atoms with Crippen molar-refractivity contribution < 1.29 is 4.79 Å². The molecule has 1 aliphatic rings. The first-order chi connectivity index (χ1) is 6.52. The number of nitrogens with two attached hydrogens (primary N) is 1. The summed E-state index contributed by atoms with van der Waals surface area (Å²) in [7, 11) is 2.09. The van der Waals surface area contributed by atoms with Crippen molar-refractivity contribution in [1.82, 2.24) is 9.80 Å². The minimum absolute atomic E-state index is 0.0767. The zero-order chi connectivity index (χ0) is 10.7. The zero-order valence-electron chi connectivity index (χ0n) is 9.36. The summed E-state index contributed by atoms with van der Waals surface area (Å²) in [5.41, 5.74) is 5.61. The van der Waals surface area contributed by atoms with E-state index in [1.54, 1.807) is 6.92 Å². The first kappa shape index (κ1) is 11.5. The third-order valence-corrected chi connectivity index (χ3v) is 2.72. The number of carbonyl (C=O) groups excluding carboxylic acids is 1. The Morgan fingerprint density at radius 3 is 2.71 bits per heavy atom. The normalized spacial score (nSPS) is 27.1. The van der Waals surface area contributed by atoms with Gasteiger partial charge in [0.2, 0.25) is 5.91 Å². The Labute approximate surface area is 86.0 Å². The van der Waals surface area contributed by atoms with Crippen LogP contribution < -0.4 is 5.73 Å². The molecule has 1 amide bonds. The van der Waals surface area contributed by atoms with Crippen LogP contribution in [0.15, 0.2) is 0 Å². The van der Waals surface area contributed by atoms with Crippen LogP contribution in [0.25, 0.3) is 0 Å². The predicted octanol–water partition coefficient (Wildman–Crippen LogP) is -0.114. The lowest BCUT2D eigenvalue weighted by Gasteiger charge is -2.29. The number of hydrogen-bond acceptors (Lipinski definition) is 3. The second kappa shape index (κ2) is 4.75. The van der Waals surface area contributed by atoms with Crippen molar-refractivity contribution in [2.24, 2.45) is 5.73 Å². The van der Waals surface area contributed by atoms with Gasteiger partial charge in [0.05, 0.1) is 6.04 Å². The van der Waals surface area contributed by atoms with E-state index in [2.05, 4.69) is 18.9 Å². The van der Waals surface area contributed by atoms with E-state index in [-0.39, 0.29) is 18.0 Å². The van der Waals surface area contributed by atoms with Crippen LogP contribution >= 0.6 is 0 Å². The van der Waals surface area contributed by atoms with Crippen molar-refractivity contribution in [1.29, 1.82) is 0 Å². The van der Waals surface area contributed by atoms with Gasteiger partial charge in [-0.3, -0.25) is 4.79 Å². The lowest BCUT2D eigenvalue weighted by atomic mass is 10.2. The molecule has 82 valence electrons. The van der Waals surface area contributed by atoms with Gasteiger partial charge in [-0.15, -0.1) is 0 Å². The number of hydrogen-bond donors (Lipinski definition) is 1. The van der Waals surface area contributed by atoms with Gasteiger partial charge in [0.25, 0.3) is 0 Å².